The molecule has 3 rings (SSSR count). The molecule has 0 saturated heterocycles. The predicted octanol–water partition coefficient (Wildman–Crippen LogP) is 4.05. The van der Waals surface area contributed by atoms with Crippen LogP contribution in [0, 0.1) is 20.8 Å². The number of aryl methyl sites for hydroxylation is 3. The molecule has 33 heavy (non-hydrogen) atoms. The first-order valence-corrected chi connectivity index (χ1v) is 11.8. The predicted molar refractivity (Wildman–Crippen MR) is 130 cm³/mol. The Hall–Kier alpha value is -3.65. The normalized spacial score (nSPS) is 11.8. The number of carbonyl (C=O) groups is 1. The monoisotopic (exact) mass is 465 g/mol. The molecule has 1 amide bonds. The summed E-state index contributed by atoms with van der Waals surface area (Å²) in [6.45, 7) is 6.77. The maximum atomic E-state index is 13.5. The van der Waals surface area contributed by atoms with Crippen LogP contribution in [-0.2, 0) is 14.8 Å². The zero-order valence-electron chi connectivity index (χ0n) is 19.0. The van der Waals surface area contributed by atoms with Gasteiger partial charge in [-0.25, -0.2) is 13.8 Å². The number of carbonyl (C=O) groups excluding carboxylic acids is 1. The van der Waals surface area contributed by atoms with E-state index in [1.54, 1.807) is 56.3 Å². The van der Waals surface area contributed by atoms with Gasteiger partial charge in [-0.15, -0.1) is 0 Å². The first kappa shape index (κ1) is 24.0. The van der Waals surface area contributed by atoms with Gasteiger partial charge in [0.2, 0.25) is 0 Å². The summed E-state index contributed by atoms with van der Waals surface area (Å²) >= 11 is 0. The molecule has 0 radical (unpaired) electrons. The van der Waals surface area contributed by atoms with Crippen molar-refractivity contribution in [1.82, 2.24) is 5.43 Å². The fourth-order valence-corrected chi connectivity index (χ4v) is 4.86. The van der Waals surface area contributed by atoms with Crippen molar-refractivity contribution in [2.75, 3.05) is 10.8 Å². The lowest BCUT2D eigenvalue weighted by atomic mass is 10.1. The van der Waals surface area contributed by atoms with Gasteiger partial charge in [-0.1, -0.05) is 47.5 Å². The van der Waals surface area contributed by atoms with Gasteiger partial charge in [-0.3, -0.25) is 9.10 Å². The summed E-state index contributed by atoms with van der Waals surface area (Å²) in [4.78, 5) is 12.9. The first-order valence-electron chi connectivity index (χ1n) is 10.4. The first-order chi connectivity index (χ1) is 15.6. The number of sulfonamides is 1. The van der Waals surface area contributed by atoms with Crippen molar-refractivity contribution < 1.29 is 18.3 Å². The van der Waals surface area contributed by atoms with E-state index in [1.165, 1.54) is 18.2 Å². The summed E-state index contributed by atoms with van der Waals surface area (Å²) in [5.74, 6) is -0.577. The maximum absolute atomic E-state index is 13.5. The van der Waals surface area contributed by atoms with Crippen molar-refractivity contribution in [3.63, 3.8) is 0 Å². The van der Waals surface area contributed by atoms with Gasteiger partial charge >= 0.3 is 0 Å². The minimum Gasteiger partial charge on any atom is -0.507 e. The van der Waals surface area contributed by atoms with Crippen LogP contribution in [0.3, 0.4) is 0 Å². The summed E-state index contributed by atoms with van der Waals surface area (Å²) < 4.78 is 28.1. The lowest BCUT2D eigenvalue weighted by molar-refractivity contribution is -0.119. The van der Waals surface area contributed by atoms with Crippen LogP contribution in [0.5, 0.6) is 5.75 Å². The van der Waals surface area contributed by atoms with Gasteiger partial charge in [-0.05, 0) is 63.6 Å². The number of phenols is 1. The Bertz CT molecular complexity index is 1300. The van der Waals surface area contributed by atoms with Gasteiger partial charge in [0.25, 0.3) is 15.9 Å². The number of amides is 1. The highest BCUT2D eigenvalue weighted by molar-refractivity contribution is 7.92. The minimum absolute atomic E-state index is 0.0341. The number of hydrazone groups is 1. The number of para-hydroxylation sites is 1. The van der Waals surface area contributed by atoms with Crippen LogP contribution in [0.1, 0.15) is 29.2 Å². The molecule has 2 N–H and O–H groups in total. The Labute approximate surface area is 194 Å². The number of aromatic hydroxyl groups is 1. The van der Waals surface area contributed by atoms with E-state index in [-0.39, 0.29) is 10.6 Å². The zero-order valence-corrected chi connectivity index (χ0v) is 19.8. The second-order valence-electron chi connectivity index (χ2n) is 7.86. The van der Waals surface area contributed by atoms with Crippen LogP contribution in [0.15, 0.2) is 76.7 Å². The number of benzene rings is 3. The standard InChI is InChI=1S/C25H27N3O4S/c1-17-9-12-21(13-10-17)33(31,32)28(23-14-11-18(2)15-19(23)3)16-25(30)27-26-20(4)22-7-5-6-8-24(22)29/h5-15,29H,16H2,1-4H3,(H,27,30)/b26-20-. The van der Waals surface area contributed by atoms with Crippen molar-refractivity contribution >= 4 is 27.3 Å². The molecule has 0 heterocycles. The smallest absolute Gasteiger partial charge is 0.264 e. The lowest BCUT2D eigenvalue weighted by Crippen LogP contribution is -2.40. The van der Waals surface area contributed by atoms with Gasteiger partial charge in [-0.2, -0.15) is 5.10 Å². The topological polar surface area (TPSA) is 99.1 Å². The molecule has 7 nitrogen and oxygen atoms in total. The second-order valence-corrected chi connectivity index (χ2v) is 9.73. The molecule has 0 aromatic heterocycles. The molecule has 0 aliphatic rings. The molecule has 8 heteroatoms. The molecule has 0 spiro atoms. The molecular weight excluding hydrogens is 438 g/mol. The summed E-state index contributed by atoms with van der Waals surface area (Å²) in [6, 6.07) is 18.5. The number of hydrogen-bond acceptors (Lipinski definition) is 5. The molecule has 0 aliphatic heterocycles. The van der Waals surface area contributed by atoms with Gasteiger partial charge in [0.15, 0.2) is 0 Å². The third-order valence-corrected chi connectivity index (χ3v) is 6.93. The summed E-state index contributed by atoms with van der Waals surface area (Å²) in [6.07, 6.45) is 0. The van der Waals surface area contributed by atoms with E-state index in [9.17, 15) is 18.3 Å². The molecule has 172 valence electrons. The lowest BCUT2D eigenvalue weighted by Gasteiger charge is -2.25. The Morgan fingerprint density at radius 1 is 0.970 bits per heavy atom. The molecule has 0 atom stereocenters. The van der Waals surface area contributed by atoms with Gasteiger partial charge in [0, 0.05) is 5.56 Å². The van der Waals surface area contributed by atoms with Crippen LogP contribution in [0.25, 0.3) is 0 Å². The van der Waals surface area contributed by atoms with Crippen LogP contribution in [0.4, 0.5) is 5.69 Å². The summed E-state index contributed by atoms with van der Waals surface area (Å²) in [7, 11) is -4.01. The SMILES string of the molecule is C/C(=N/NC(=O)CN(c1ccc(C)cc1C)S(=O)(=O)c1ccc(C)cc1)c1ccccc1O. The minimum atomic E-state index is -4.01. The number of rotatable bonds is 7. The van der Waals surface area contributed by atoms with Gasteiger partial charge in [0.1, 0.15) is 12.3 Å². The Balaban J connectivity index is 1.93. The number of phenolic OH excluding ortho intramolecular Hbond substituents is 1. The van der Waals surface area contributed by atoms with Crippen molar-refractivity contribution in [3.05, 3.63) is 89.0 Å². The average molecular weight is 466 g/mol. The van der Waals surface area contributed by atoms with E-state index in [1.807, 2.05) is 19.9 Å². The fourth-order valence-electron chi connectivity index (χ4n) is 3.37. The molecule has 0 bridgehead atoms. The van der Waals surface area contributed by atoms with E-state index in [2.05, 4.69) is 10.5 Å². The van der Waals surface area contributed by atoms with Crippen LogP contribution in [0.2, 0.25) is 0 Å². The number of anilines is 1. The van der Waals surface area contributed by atoms with E-state index in [0.29, 0.717) is 17.0 Å². The quantitative estimate of drug-likeness (QED) is 0.406. The average Bonchev–Trinajstić information content (AvgIpc) is 2.77. The van der Waals surface area contributed by atoms with E-state index >= 15 is 0 Å². The molecule has 0 aliphatic carbocycles. The Kier molecular flexibility index (Phi) is 7.18. The summed E-state index contributed by atoms with van der Waals surface area (Å²) in [5, 5.41) is 14.0. The van der Waals surface area contributed by atoms with E-state index in [4.69, 9.17) is 0 Å². The van der Waals surface area contributed by atoms with Gasteiger partial charge < -0.3 is 5.11 Å². The molecule has 0 unspecified atom stereocenters. The van der Waals surface area contributed by atoms with Crippen LogP contribution < -0.4 is 9.73 Å². The summed E-state index contributed by atoms with van der Waals surface area (Å²) in [5.41, 5.74) is 6.32. The van der Waals surface area contributed by atoms with Crippen molar-refractivity contribution in [2.24, 2.45) is 5.10 Å². The van der Waals surface area contributed by atoms with Crippen LogP contribution >= 0.6 is 0 Å². The highest BCUT2D eigenvalue weighted by Crippen LogP contribution is 2.27. The highest BCUT2D eigenvalue weighted by atomic mass is 32.2. The zero-order chi connectivity index (χ0) is 24.2. The third-order valence-electron chi connectivity index (χ3n) is 5.16. The molecule has 3 aromatic rings. The van der Waals surface area contributed by atoms with E-state index < -0.39 is 22.5 Å². The van der Waals surface area contributed by atoms with E-state index in [0.717, 1.165) is 21.0 Å². The number of nitrogens with zero attached hydrogens (tertiary/aromatic N) is 2. The van der Waals surface area contributed by atoms with Crippen molar-refractivity contribution in [1.29, 1.82) is 0 Å². The van der Waals surface area contributed by atoms with Crippen molar-refractivity contribution in [3.8, 4) is 5.75 Å². The van der Waals surface area contributed by atoms with Crippen molar-refractivity contribution in [2.45, 2.75) is 32.6 Å². The molecule has 3 aromatic carbocycles. The molecular formula is C25H27N3O4S. The number of nitrogens with one attached hydrogen (secondary N) is 1. The number of hydrogen-bond donors (Lipinski definition) is 2. The second kappa shape index (κ2) is 9.87. The third kappa shape index (κ3) is 5.59. The largest absolute Gasteiger partial charge is 0.507 e. The molecule has 0 fully saturated rings. The highest BCUT2D eigenvalue weighted by Gasteiger charge is 2.28. The van der Waals surface area contributed by atoms with Crippen LogP contribution in [-0.4, -0.2) is 31.7 Å². The molecule has 0 saturated carbocycles. The fraction of sp³-hybridized carbons (Fsp3) is 0.200. The Morgan fingerprint density at radius 2 is 1.61 bits per heavy atom. The Morgan fingerprint density at radius 3 is 2.24 bits per heavy atom. The maximum Gasteiger partial charge on any atom is 0.264 e. The van der Waals surface area contributed by atoms with Gasteiger partial charge in [0.05, 0.1) is 16.3 Å².